The van der Waals surface area contributed by atoms with Crippen LogP contribution >= 0.6 is 0 Å². The first-order chi connectivity index (χ1) is 10.7. The zero-order chi connectivity index (χ0) is 16.6. The largest absolute Gasteiger partial charge is 0.469 e. The molecule has 0 saturated heterocycles. The molecule has 0 radical (unpaired) electrons. The van der Waals surface area contributed by atoms with Crippen LogP contribution in [0.15, 0.2) is 0 Å². The lowest BCUT2D eigenvalue weighted by Crippen LogP contribution is -2.21. The summed E-state index contributed by atoms with van der Waals surface area (Å²) >= 11 is 0. The van der Waals surface area contributed by atoms with Crippen molar-refractivity contribution in [2.24, 2.45) is 5.92 Å². The van der Waals surface area contributed by atoms with Gasteiger partial charge in [-0.25, -0.2) is 0 Å². The Bertz CT molecular complexity index is 289. The maximum Gasteiger partial charge on any atom is 0.309 e. The zero-order valence-electron chi connectivity index (χ0n) is 14.7. The lowest BCUT2D eigenvalue weighted by Gasteiger charge is -2.14. The number of carbonyl (C=O) groups excluding carboxylic acids is 2. The molecule has 4 nitrogen and oxygen atoms in total. The number of hydrogen-bond acceptors (Lipinski definition) is 4. The Morgan fingerprint density at radius 3 is 1.91 bits per heavy atom. The number of unbranched alkanes of at least 4 members (excludes halogenated alkanes) is 8. The van der Waals surface area contributed by atoms with E-state index in [2.05, 4.69) is 11.7 Å². The minimum absolute atomic E-state index is 0.131. The lowest BCUT2D eigenvalue weighted by molar-refractivity contribution is -0.154. The highest BCUT2D eigenvalue weighted by atomic mass is 16.5. The summed E-state index contributed by atoms with van der Waals surface area (Å²) in [5.41, 5.74) is 0. The van der Waals surface area contributed by atoms with Gasteiger partial charge in [-0.1, -0.05) is 64.7 Å². The quantitative estimate of drug-likeness (QED) is 0.346. The van der Waals surface area contributed by atoms with E-state index in [-0.39, 0.29) is 24.3 Å². The molecule has 0 aromatic carbocycles. The Morgan fingerprint density at radius 2 is 1.41 bits per heavy atom. The van der Waals surface area contributed by atoms with Gasteiger partial charge in [0.05, 0.1) is 26.1 Å². The van der Waals surface area contributed by atoms with Crippen LogP contribution in [0.1, 0.15) is 84.5 Å². The molecule has 0 amide bonds. The fourth-order valence-electron chi connectivity index (χ4n) is 2.55. The van der Waals surface area contributed by atoms with E-state index in [1.54, 1.807) is 6.92 Å². The van der Waals surface area contributed by atoms with E-state index in [0.717, 1.165) is 12.8 Å². The highest BCUT2D eigenvalue weighted by Crippen LogP contribution is 2.18. The summed E-state index contributed by atoms with van der Waals surface area (Å²) in [6.07, 6.45) is 12.0. The molecule has 0 heterocycles. The second-order valence-electron chi connectivity index (χ2n) is 5.85. The van der Waals surface area contributed by atoms with Crippen molar-refractivity contribution in [2.75, 3.05) is 13.7 Å². The Morgan fingerprint density at radius 1 is 0.864 bits per heavy atom. The number of methoxy groups -OCH3 is 1. The molecule has 0 saturated carbocycles. The average Bonchev–Trinajstić information content (AvgIpc) is 2.52. The predicted molar refractivity (Wildman–Crippen MR) is 88.6 cm³/mol. The van der Waals surface area contributed by atoms with E-state index in [1.807, 2.05) is 0 Å². The van der Waals surface area contributed by atoms with Crippen molar-refractivity contribution >= 4 is 11.9 Å². The summed E-state index contributed by atoms with van der Waals surface area (Å²) in [7, 11) is 1.35. The molecule has 0 aliphatic carbocycles. The van der Waals surface area contributed by atoms with Crippen molar-refractivity contribution in [2.45, 2.75) is 84.5 Å². The SMILES string of the molecule is CCCCCCCCCCCC(CC(=O)OC)C(=O)OCC. The third-order valence-corrected chi connectivity index (χ3v) is 3.92. The number of hydrogen-bond donors (Lipinski definition) is 0. The summed E-state index contributed by atoms with van der Waals surface area (Å²) in [5, 5.41) is 0. The van der Waals surface area contributed by atoms with E-state index in [1.165, 1.54) is 52.1 Å². The number of rotatable bonds is 14. The summed E-state index contributed by atoms with van der Waals surface area (Å²) in [4.78, 5) is 23.2. The minimum Gasteiger partial charge on any atom is -0.469 e. The standard InChI is InChI=1S/C18H34O4/c1-4-6-7-8-9-10-11-12-13-14-16(15-17(19)21-3)18(20)22-5-2/h16H,4-15H2,1-3H3. The van der Waals surface area contributed by atoms with E-state index in [0.29, 0.717) is 13.0 Å². The van der Waals surface area contributed by atoms with Gasteiger partial charge in [-0.2, -0.15) is 0 Å². The maximum atomic E-state index is 11.8. The van der Waals surface area contributed by atoms with Crippen LogP contribution < -0.4 is 0 Å². The van der Waals surface area contributed by atoms with E-state index >= 15 is 0 Å². The first-order valence-corrected chi connectivity index (χ1v) is 8.89. The minimum atomic E-state index is -0.350. The van der Waals surface area contributed by atoms with Crippen molar-refractivity contribution in [3.8, 4) is 0 Å². The number of carbonyl (C=O) groups is 2. The summed E-state index contributed by atoms with van der Waals surface area (Å²) in [5.74, 6) is -0.960. The van der Waals surface area contributed by atoms with Crippen LogP contribution in [-0.4, -0.2) is 25.7 Å². The summed E-state index contributed by atoms with van der Waals surface area (Å²) in [6.45, 7) is 4.37. The molecule has 130 valence electrons. The van der Waals surface area contributed by atoms with Gasteiger partial charge < -0.3 is 9.47 Å². The lowest BCUT2D eigenvalue weighted by atomic mass is 9.97. The monoisotopic (exact) mass is 314 g/mol. The van der Waals surface area contributed by atoms with Crippen molar-refractivity contribution in [3.05, 3.63) is 0 Å². The first kappa shape index (κ1) is 20.9. The first-order valence-electron chi connectivity index (χ1n) is 8.89. The fraction of sp³-hybridized carbons (Fsp3) is 0.889. The second kappa shape index (κ2) is 14.9. The molecule has 4 heteroatoms. The molecular weight excluding hydrogens is 280 g/mol. The molecule has 0 N–H and O–H groups in total. The van der Waals surface area contributed by atoms with Gasteiger partial charge >= 0.3 is 11.9 Å². The van der Waals surface area contributed by atoms with Gasteiger partial charge in [0.25, 0.3) is 0 Å². The van der Waals surface area contributed by atoms with Crippen molar-refractivity contribution in [1.82, 2.24) is 0 Å². The fourth-order valence-corrected chi connectivity index (χ4v) is 2.55. The van der Waals surface area contributed by atoms with Gasteiger partial charge in [-0.3, -0.25) is 9.59 Å². The highest BCUT2D eigenvalue weighted by Gasteiger charge is 2.23. The third-order valence-electron chi connectivity index (χ3n) is 3.92. The maximum absolute atomic E-state index is 11.8. The predicted octanol–water partition coefficient (Wildman–Crippen LogP) is 4.65. The van der Waals surface area contributed by atoms with E-state index < -0.39 is 0 Å². The summed E-state index contributed by atoms with van der Waals surface area (Å²) < 4.78 is 9.69. The van der Waals surface area contributed by atoms with E-state index in [9.17, 15) is 9.59 Å². The van der Waals surface area contributed by atoms with Gasteiger partial charge in [0.1, 0.15) is 0 Å². The average molecular weight is 314 g/mol. The van der Waals surface area contributed by atoms with Crippen LogP contribution in [-0.2, 0) is 19.1 Å². The molecule has 1 atom stereocenters. The van der Waals surface area contributed by atoms with Crippen molar-refractivity contribution in [1.29, 1.82) is 0 Å². The van der Waals surface area contributed by atoms with E-state index in [4.69, 9.17) is 4.74 Å². The topological polar surface area (TPSA) is 52.6 Å². The Kier molecular flexibility index (Phi) is 14.1. The zero-order valence-corrected chi connectivity index (χ0v) is 14.7. The van der Waals surface area contributed by atoms with Gasteiger partial charge in [0, 0.05) is 0 Å². The molecule has 0 aliphatic rings. The number of ether oxygens (including phenoxy) is 2. The van der Waals surface area contributed by atoms with Crippen LogP contribution in [0.3, 0.4) is 0 Å². The van der Waals surface area contributed by atoms with Gasteiger partial charge in [-0.05, 0) is 13.3 Å². The normalized spacial score (nSPS) is 12.0. The molecule has 0 rings (SSSR count). The Labute approximate surface area is 135 Å². The van der Waals surface area contributed by atoms with Crippen LogP contribution in [0.25, 0.3) is 0 Å². The van der Waals surface area contributed by atoms with Gasteiger partial charge in [0.15, 0.2) is 0 Å². The molecule has 0 spiro atoms. The molecule has 0 aromatic rings. The molecule has 22 heavy (non-hydrogen) atoms. The highest BCUT2D eigenvalue weighted by molar-refractivity contribution is 5.79. The van der Waals surface area contributed by atoms with Crippen molar-refractivity contribution in [3.63, 3.8) is 0 Å². The van der Waals surface area contributed by atoms with Gasteiger partial charge in [0.2, 0.25) is 0 Å². The van der Waals surface area contributed by atoms with Crippen molar-refractivity contribution < 1.29 is 19.1 Å². The number of esters is 2. The molecular formula is C18H34O4. The molecule has 0 aromatic heterocycles. The third kappa shape index (κ3) is 11.6. The summed E-state index contributed by atoms with van der Waals surface area (Å²) in [6, 6.07) is 0. The van der Waals surface area contributed by atoms with Crippen LogP contribution in [0.4, 0.5) is 0 Å². The van der Waals surface area contributed by atoms with Gasteiger partial charge in [-0.15, -0.1) is 0 Å². The Balaban J connectivity index is 3.79. The molecule has 0 fully saturated rings. The van der Waals surface area contributed by atoms with Crippen LogP contribution in [0, 0.1) is 5.92 Å². The smallest absolute Gasteiger partial charge is 0.309 e. The second-order valence-corrected chi connectivity index (χ2v) is 5.85. The van der Waals surface area contributed by atoms with Crippen LogP contribution in [0.2, 0.25) is 0 Å². The molecule has 1 unspecified atom stereocenters. The molecule has 0 bridgehead atoms. The Hall–Kier alpha value is -1.06. The van der Waals surface area contributed by atoms with Crippen LogP contribution in [0.5, 0.6) is 0 Å². The molecule has 0 aliphatic heterocycles.